The minimum atomic E-state index is 0.892. The van der Waals surface area contributed by atoms with Gasteiger partial charge in [-0.1, -0.05) is 13.0 Å². The number of nitrogens with one attached hydrogen (secondary N) is 1. The first-order chi connectivity index (χ1) is 8.24. The highest BCUT2D eigenvalue weighted by molar-refractivity contribution is 5.43. The Labute approximate surface area is 104 Å². The first-order valence-electron chi connectivity index (χ1n) is 6.32. The zero-order valence-corrected chi connectivity index (χ0v) is 11.0. The molecule has 1 aliphatic rings. The van der Waals surface area contributed by atoms with Crippen molar-refractivity contribution in [3.05, 3.63) is 28.8 Å². The van der Waals surface area contributed by atoms with Crippen LogP contribution in [0.15, 0.2) is 12.1 Å². The van der Waals surface area contributed by atoms with E-state index in [1.165, 1.54) is 16.7 Å². The Balaban J connectivity index is 2.28. The van der Waals surface area contributed by atoms with E-state index in [0.29, 0.717) is 0 Å². The Kier molecular flexibility index (Phi) is 4.02. The summed E-state index contributed by atoms with van der Waals surface area (Å²) >= 11 is 0. The van der Waals surface area contributed by atoms with Gasteiger partial charge in [-0.3, -0.25) is 0 Å². The average Bonchev–Trinajstić information content (AvgIpc) is 2.35. The maximum atomic E-state index is 5.49. The van der Waals surface area contributed by atoms with Gasteiger partial charge >= 0.3 is 0 Å². The number of likely N-dealkylation sites (N-methyl/N-ethyl adjacent to an activating group) is 1. The van der Waals surface area contributed by atoms with Crippen LogP contribution in [0.1, 0.15) is 23.6 Å². The van der Waals surface area contributed by atoms with Crippen LogP contribution in [0.2, 0.25) is 0 Å². The molecule has 2 rings (SSSR count). The summed E-state index contributed by atoms with van der Waals surface area (Å²) in [5, 5.41) is 3.36. The molecule has 0 aromatic heterocycles. The van der Waals surface area contributed by atoms with Crippen molar-refractivity contribution < 1.29 is 4.74 Å². The molecule has 0 amide bonds. The third kappa shape index (κ3) is 2.79. The van der Waals surface area contributed by atoms with Crippen LogP contribution in [0, 0.1) is 0 Å². The number of fused-ring (bicyclic) bond motifs is 1. The van der Waals surface area contributed by atoms with Gasteiger partial charge in [0.1, 0.15) is 5.75 Å². The average molecular weight is 234 g/mol. The van der Waals surface area contributed by atoms with Gasteiger partial charge in [-0.15, -0.1) is 0 Å². The van der Waals surface area contributed by atoms with E-state index in [4.69, 9.17) is 4.74 Å². The van der Waals surface area contributed by atoms with Crippen molar-refractivity contribution in [1.82, 2.24) is 10.2 Å². The second-order valence-electron chi connectivity index (χ2n) is 4.70. The molecule has 0 spiro atoms. The molecule has 94 valence electrons. The molecular formula is C14H22N2O. The van der Waals surface area contributed by atoms with Crippen molar-refractivity contribution >= 4 is 0 Å². The molecule has 0 atom stereocenters. The van der Waals surface area contributed by atoms with Crippen LogP contribution in [0.3, 0.4) is 0 Å². The number of rotatable bonds is 4. The molecule has 0 fully saturated rings. The van der Waals surface area contributed by atoms with Crippen LogP contribution < -0.4 is 10.1 Å². The molecule has 0 bridgehead atoms. The minimum Gasteiger partial charge on any atom is -0.496 e. The smallest absolute Gasteiger partial charge is 0.123 e. The number of benzene rings is 1. The molecule has 1 heterocycles. The van der Waals surface area contributed by atoms with Crippen molar-refractivity contribution in [2.45, 2.75) is 26.4 Å². The topological polar surface area (TPSA) is 24.5 Å². The predicted molar refractivity (Wildman–Crippen MR) is 70.4 cm³/mol. The highest BCUT2D eigenvalue weighted by Gasteiger charge is 2.16. The van der Waals surface area contributed by atoms with E-state index in [1.54, 1.807) is 7.11 Å². The molecule has 1 aliphatic heterocycles. The summed E-state index contributed by atoms with van der Waals surface area (Å²) < 4.78 is 5.49. The molecule has 1 aromatic carbocycles. The van der Waals surface area contributed by atoms with Crippen LogP contribution in [-0.2, 0) is 19.5 Å². The van der Waals surface area contributed by atoms with Gasteiger partial charge < -0.3 is 15.0 Å². The van der Waals surface area contributed by atoms with Crippen LogP contribution in [0.5, 0.6) is 5.75 Å². The largest absolute Gasteiger partial charge is 0.496 e. The Morgan fingerprint density at radius 3 is 2.88 bits per heavy atom. The molecule has 3 nitrogen and oxygen atoms in total. The summed E-state index contributed by atoms with van der Waals surface area (Å²) in [5.41, 5.74) is 4.17. The van der Waals surface area contributed by atoms with Crippen molar-refractivity contribution in [2.75, 3.05) is 27.2 Å². The zero-order chi connectivity index (χ0) is 12.3. The van der Waals surface area contributed by atoms with Gasteiger partial charge in [0.25, 0.3) is 0 Å². The third-order valence-electron chi connectivity index (χ3n) is 3.37. The van der Waals surface area contributed by atoms with Crippen molar-refractivity contribution in [1.29, 1.82) is 0 Å². The molecule has 17 heavy (non-hydrogen) atoms. The fourth-order valence-corrected chi connectivity index (χ4v) is 2.37. The van der Waals surface area contributed by atoms with Crippen molar-refractivity contribution in [2.24, 2.45) is 0 Å². The van der Waals surface area contributed by atoms with Gasteiger partial charge in [-0.05, 0) is 37.2 Å². The lowest BCUT2D eigenvalue weighted by molar-refractivity contribution is 0.311. The molecule has 0 saturated heterocycles. The maximum absolute atomic E-state index is 5.49. The molecule has 0 saturated carbocycles. The highest BCUT2D eigenvalue weighted by atomic mass is 16.5. The minimum absolute atomic E-state index is 0.892. The van der Waals surface area contributed by atoms with Gasteiger partial charge in [0, 0.05) is 25.2 Å². The maximum Gasteiger partial charge on any atom is 0.123 e. The molecule has 0 unspecified atom stereocenters. The van der Waals surface area contributed by atoms with E-state index in [2.05, 4.69) is 36.3 Å². The summed E-state index contributed by atoms with van der Waals surface area (Å²) in [6.07, 6.45) is 1.15. The molecule has 0 radical (unpaired) electrons. The lowest BCUT2D eigenvalue weighted by atomic mass is 9.96. The van der Waals surface area contributed by atoms with E-state index in [9.17, 15) is 0 Å². The van der Waals surface area contributed by atoms with E-state index in [1.807, 2.05) is 0 Å². The van der Waals surface area contributed by atoms with Gasteiger partial charge in [0.15, 0.2) is 0 Å². The fraction of sp³-hybridized carbons (Fsp3) is 0.571. The summed E-state index contributed by atoms with van der Waals surface area (Å²) in [7, 11) is 3.92. The van der Waals surface area contributed by atoms with Gasteiger partial charge in [-0.25, -0.2) is 0 Å². The van der Waals surface area contributed by atoms with Crippen molar-refractivity contribution in [3.63, 3.8) is 0 Å². The lowest BCUT2D eigenvalue weighted by Crippen LogP contribution is -2.27. The summed E-state index contributed by atoms with van der Waals surface area (Å²) in [6, 6.07) is 4.52. The van der Waals surface area contributed by atoms with Crippen molar-refractivity contribution in [3.8, 4) is 5.75 Å². The highest BCUT2D eigenvalue weighted by Crippen LogP contribution is 2.27. The van der Waals surface area contributed by atoms with Crippen LogP contribution >= 0.6 is 0 Å². The lowest BCUT2D eigenvalue weighted by Gasteiger charge is -2.26. The first kappa shape index (κ1) is 12.4. The molecule has 1 aromatic rings. The Bertz CT molecular complexity index is 390. The van der Waals surface area contributed by atoms with E-state index in [0.717, 1.165) is 38.3 Å². The third-order valence-corrected chi connectivity index (χ3v) is 3.37. The van der Waals surface area contributed by atoms with Crippen LogP contribution in [-0.4, -0.2) is 32.1 Å². The summed E-state index contributed by atoms with van der Waals surface area (Å²) in [5.74, 6) is 1.01. The fourth-order valence-electron chi connectivity index (χ4n) is 2.37. The predicted octanol–water partition coefficient (Wildman–Crippen LogP) is 1.79. The number of methoxy groups -OCH3 is 1. The Morgan fingerprint density at radius 2 is 2.18 bits per heavy atom. The van der Waals surface area contributed by atoms with Gasteiger partial charge in [-0.2, -0.15) is 0 Å². The summed E-state index contributed by atoms with van der Waals surface area (Å²) in [6.45, 7) is 6.19. The Hall–Kier alpha value is -1.06. The number of hydrogen-bond donors (Lipinski definition) is 1. The number of ether oxygens (including phenoxy) is 1. The van der Waals surface area contributed by atoms with E-state index in [-0.39, 0.29) is 0 Å². The quantitative estimate of drug-likeness (QED) is 0.859. The summed E-state index contributed by atoms with van der Waals surface area (Å²) in [4.78, 5) is 2.35. The Morgan fingerprint density at radius 1 is 1.35 bits per heavy atom. The van der Waals surface area contributed by atoms with Crippen LogP contribution in [0.25, 0.3) is 0 Å². The second-order valence-corrected chi connectivity index (χ2v) is 4.70. The molecule has 3 heteroatoms. The van der Waals surface area contributed by atoms with E-state index >= 15 is 0 Å². The standard InChI is InChI=1S/C14H22N2O/c1-4-15-9-12-7-11-5-6-16(2)10-13(11)8-14(12)17-3/h7-8,15H,4-6,9-10H2,1-3H3. The monoisotopic (exact) mass is 234 g/mol. The van der Waals surface area contributed by atoms with E-state index < -0.39 is 0 Å². The van der Waals surface area contributed by atoms with Gasteiger partial charge in [0.2, 0.25) is 0 Å². The molecule has 1 N–H and O–H groups in total. The molecular weight excluding hydrogens is 212 g/mol. The first-order valence-corrected chi connectivity index (χ1v) is 6.32. The zero-order valence-electron chi connectivity index (χ0n) is 11.0. The van der Waals surface area contributed by atoms with Gasteiger partial charge in [0.05, 0.1) is 7.11 Å². The SMILES string of the molecule is CCNCc1cc2c(cc1OC)CN(C)CC2. The number of hydrogen-bond acceptors (Lipinski definition) is 3. The van der Waals surface area contributed by atoms with Crippen LogP contribution in [0.4, 0.5) is 0 Å². The molecule has 0 aliphatic carbocycles. The second kappa shape index (κ2) is 5.52. The normalized spacial score (nSPS) is 15.7. The number of nitrogens with zero attached hydrogens (tertiary/aromatic N) is 1.